The summed E-state index contributed by atoms with van der Waals surface area (Å²) in [4.78, 5) is 0. The van der Waals surface area contributed by atoms with E-state index >= 15 is 0 Å². The molecule has 5 heteroatoms. The SMILES string of the molecule is NNC(CC1CCSCC1)c1ccc2c(c1)OCCCO2. The van der Waals surface area contributed by atoms with Crippen molar-refractivity contribution in [2.24, 2.45) is 11.8 Å². The summed E-state index contributed by atoms with van der Waals surface area (Å²) in [6.07, 6.45) is 4.62. The Balaban J connectivity index is 1.72. The third kappa shape index (κ3) is 3.84. The molecule has 2 heterocycles. The van der Waals surface area contributed by atoms with Crippen molar-refractivity contribution in [1.82, 2.24) is 5.43 Å². The van der Waals surface area contributed by atoms with Crippen LogP contribution in [0.25, 0.3) is 0 Å². The van der Waals surface area contributed by atoms with Gasteiger partial charge in [0.15, 0.2) is 11.5 Å². The molecular weight excluding hydrogens is 284 g/mol. The van der Waals surface area contributed by atoms with Crippen LogP contribution in [0.15, 0.2) is 18.2 Å². The molecule has 1 saturated heterocycles. The van der Waals surface area contributed by atoms with E-state index in [0.29, 0.717) is 0 Å². The lowest BCUT2D eigenvalue weighted by Gasteiger charge is -2.26. The second-order valence-corrected chi connectivity index (χ2v) is 6.99. The van der Waals surface area contributed by atoms with E-state index in [1.165, 1.54) is 29.9 Å². The first-order valence-electron chi connectivity index (χ1n) is 7.80. The van der Waals surface area contributed by atoms with Crippen LogP contribution in [0.1, 0.15) is 37.3 Å². The summed E-state index contributed by atoms with van der Waals surface area (Å²) in [5.74, 6) is 10.8. The summed E-state index contributed by atoms with van der Waals surface area (Å²) in [7, 11) is 0. The van der Waals surface area contributed by atoms with Crippen LogP contribution < -0.4 is 20.7 Å². The van der Waals surface area contributed by atoms with Crippen LogP contribution in [0.5, 0.6) is 11.5 Å². The minimum Gasteiger partial charge on any atom is -0.490 e. The number of nitrogens with one attached hydrogen (secondary N) is 1. The molecule has 3 rings (SSSR count). The highest BCUT2D eigenvalue weighted by Crippen LogP contribution is 2.35. The fraction of sp³-hybridized carbons (Fsp3) is 0.625. The molecular formula is C16H24N2O2S. The predicted molar refractivity (Wildman–Crippen MR) is 86.8 cm³/mol. The molecule has 0 radical (unpaired) electrons. The van der Waals surface area contributed by atoms with Crippen molar-refractivity contribution in [2.45, 2.75) is 31.7 Å². The molecule has 2 aliphatic rings. The Morgan fingerprint density at radius 1 is 1.19 bits per heavy atom. The fourth-order valence-electron chi connectivity index (χ4n) is 3.01. The molecule has 1 atom stereocenters. The van der Waals surface area contributed by atoms with E-state index < -0.39 is 0 Å². The van der Waals surface area contributed by atoms with Gasteiger partial charge in [0, 0.05) is 12.5 Å². The Kier molecular flexibility index (Phi) is 5.27. The minimum atomic E-state index is 0.190. The fourth-order valence-corrected chi connectivity index (χ4v) is 4.22. The van der Waals surface area contributed by atoms with E-state index in [1.807, 2.05) is 6.07 Å². The van der Waals surface area contributed by atoms with Crippen LogP contribution in [0.4, 0.5) is 0 Å². The molecule has 1 aromatic carbocycles. The van der Waals surface area contributed by atoms with Crippen LogP contribution in [0.3, 0.4) is 0 Å². The number of benzene rings is 1. The Morgan fingerprint density at radius 3 is 2.71 bits per heavy atom. The van der Waals surface area contributed by atoms with Gasteiger partial charge in [-0.05, 0) is 54.4 Å². The zero-order valence-electron chi connectivity index (χ0n) is 12.3. The summed E-state index contributed by atoms with van der Waals surface area (Å²) in [5.41, 5.74) is 4.18. The standard InChI is InChI=1S/C16H24N2O2S/c17-18-14(10-12-4-8-21-9-5-12)13-2-3-15-16(11-13)20-7-1-6-19-15/h2-3,11-12,14,18H,1,4-10,17H2. The number of hydrogen-bond acceptors (Lipinski definition) is 5. The maximum absolute atomic E-state index is 5.80. The van der Waals surface area contributed by atoms with Crippen LogP contribution in [-0.2, 0) is 0 Å². The van der Waals surface area contributed by atoms with Gasteiger partial charge in [-0.25, -0.2) is 0 Å². The van der Waals surface area contributed by atoms with Gasteiger partial charge in [0.2, 0.25) is 0 Å². The van der Waals surface area contributed by atoms with Crippen molar-refractivity contribution in [3.8, 4) is 11.5 Å². The topological polar surface area (TPSA) is 56.5 Å². The molecule has 0 aromatic heterocycles. The van der Waals surface area contributed by atoms with Crippen molar-refractivity contribution in [2.75, 3.05) is 24.7 Å². The number of nitrogens with two attached hydrogens (primary N) is 1. The van der Waals surface area contributed by atoms with Crippen molar-refractivity contribution < 1.29 is 9.47 Å². The summed E-state index contributed by atoms with van der Waals surface area (Å²) in [6.45, 7) is 1.45. The average Bonchev–Trinajstić information content (AvgIpc) is 2.78. The number of ether oxygens (including phenoxy) is 2. The molecule has 116 valence electrons. The van der Waals surface area contributed by atoms with Gasteiger partial charge in [-0.3, -0.25) is 11.3 Å². The highest BCUT2D eigenvalue weighted by Gasteiger charge is 2.21. The lowest BCUT2D eigenvalue weighted by atomic mass is 9.91. The summed E-state index contributed by atoms with van der Waals surface area (Å²) in [5, 5.41) is 0. The predicted octanol–water partition coefficient (Wildman–Crippen LogP) is 2.89. The monoisotopic (exact) mass is 308 g/mol. The van der Waals surface area contributed by atoms with Gasteiger partial charge >= 0.3 is 0 Å². The molecule has 3 N–H and O–H groups in total. The Hall–Kier alpha value is -0.910. The average molecular weight is 308 g/mol. The van der Waals surface area contributed by atoms with E-state index in [9.17, 15) is 0 Å². The van der Waals surface area contributed by atoms with Crippen molar-refractivity contribution in [3.63, 3.8) is 0 Å². The Morgan fingerprint density at radius 2 is 1.95 bits per heavy atom. The van der Waals surface area contributed by atoms with E-state index in [-0.39, 0.29) is 6.04 Å². The normalized spacial score (nSPS) is 20.8. The lowest BCUT2D eigenvalue weighted by molar-refractivity contribution is 0.296. The Labute approximate surface area is 130 Å². The largest absolute Gasteiger partial charge is 0.490 e. The van der Waals surface area contributed by atoms with Gasteiger partial charge in [-0.2, -0.15) is 11.8 Å². The maximum Gasteiger partial charge on any atom is 0.161 e. The van der Waals surface area contributed by atoms with Crippen LogP contribution in [-0.4, -0.2) is 24.7 Å². The molecule has 0 aliphatic carbocycles. The highest BCUT2D eigenvalue weighted by molar-refractivity contribution is 7.99. The van der Waals surface area contributed by atoms with E-state index in [0.717, 1.165) is 43.5 Å². The summed E-state index contributed by atoms with van der Waals surface area (Å²) in [6, 6.07) is 6.39. The number of hydrazine groups is 1. The zero-order valence-corrected chi connectivity index (χ0v) is 13.2. The third-order valence-electron chi connectivity index (χ3n) is 4.29. The van der Waals surface area contributed by atoms with Gasteiger partial charge in [0.1, 0.15) is 0 Å². The Bertz CT molecular complexity index is 464. The minimum absolute atomic E-state index is 0.190. The first-order valence-corrected chi connectivity index (χ1v) is 8.95. The van der Waals surface area contributed by atoms with Gasteiger partial charge in [-0.15, -0.1) is 0 Å². The lowest BCUT2D eigenvalue weighted by Crippen LogP contribution is -2.30. The molecule has 0 amide bonds. The highest BCUT2D eigenvalue weighted by atomic mass is 32.2. The first-order chi connectivity index (χ1) is 10.4. The molecule has 1 unspecified atom stereocenters. The van der Waals surface area contributed by atoms with Crippen molar-refractivity contribution in [3.05, 3.63) is 23.8 Å². The van der Waals surface area contributed by atoms with Gasteiger partial charge in [0.05, 0.1) is 13.2 Å². The second-order valence-electron chi connectivity index (χ2n) is 5.77. The number of thioether (sulfide) groups is 1. The summed E-state index contributed by atoms with van der Waals surface area (Å²) >= 11 is 2.06. The smallest absolute Gasteiger partial charge is 0.161 e. The second kappa shape index (κ2) is 7.38. The zero-order chi connectivity index (χ0) is 14.5. The van der Waals surface area contributed by atoms with E-state index in [2.05, 4.69) is 29.3 Å². The van der Waals surface area contributed by atoms with Crippen LogP contribution in [0.2, 0.25) is 0 Å². The molecule has 0 bridgehead atoms. The third-order valence-corrected chi connectivity index (χ3v) is 5.33. The number of hydrogen-bond donors (Lipinski definition) is 2. The molecule has 2 aliphatic heterocycles. The number of rotatable bonds is 4. The van der Waals surface area contributed by atoms with Crippen molar-refractivity contribution >= 4 is 11.8 Å². The van der Waals surface area contributed by atoms with Gasteiger partial charge in [-0.1, -0.05) is 6.07 Å². The van der Waals surface area contributed by atoms with E-state index in [4.69, 9.17) is 15.3 Å². The van der Waals surface area contributed by atoms with Gasteiger partial charge < -0.3 is 9.47 Å². The maximum atomic E-state index is 5.80. The molecule has 0 spiro atoms. The summed E-state index contributed by atoms with van der Waals surface area (Å²) < 4.78 is 11.5. The molecule has 1 aromatic rings. The first kappa shape index (κ1) is 15.0. The van der Waals surface area contributed by atoms with Crippen LogP contribution in [0, 0.1) is 5.92 Å². The van der Waals surface area contributed by atoms with Gasteiger partial charge in [0.25, 0.3) is 0 Å². The quantitative estimate of drug-likeness (QED) is 0.661. The molecule has 0 saturated carbocycles. The van der Waals surface area contributed by atoms with Crippen LogP contribution >= 0.6 is 11.8 Å². The molecule has 1 fully saturated rings. The number of fused-ring (bicyclic) bond motifs is 1. The van der Waals surface area contributed by atoms with Crippen molar-refractivity contribution in [1.29, 1.82) is 0 Å². The van der Waals surface area contributed by atoms with E-state index in [1.54, 1.807) is 0 Å². The molecule has 4 nitrogen and oxygen atoms in total. The molecule has 21 heavy (non-hydrogen) atoms.